The molecule has 0 aliphatic carbocycles. The van der Waals surface area contributed by atoms with E-state index >= 15 is 0 Å². The number of hydrogen-bond donors (Lipinski definition) is 0. The highest BCUT2D eigenvalue weighted by atomic mass is 16.5. The minimum Gasteiger partial charge on any atom is -0.459 e. The van der Waals surface area contributed by atoms with Crippen molar-refractivity contribution in [3.05, 3.63) is 60.3 Å². The van der Waals surface area contributed by atoms with Crippen LogP contribution in [0.5, 0.6) is 0 Å². The average Bonchev–Trinajstić information content (AvgIpc) is 2.85. The minimum atomic E-state index is -0.302. The maximum Gasteiger partial charge on any atom is 0.303 e. The van der Waals surface area contributed by atoms with Crippen LogP contribution in [0.3, 0.4) is 0 Å². The summed E-state index contributed by atoms with van der Waals surface area (Å²) in [5.74, 6) is -0.302. The first-order chi connectivity index (χ1) is 9.75. The van der Waals surface area contributed by atoms with Gasteiger partial charge in [0.05, 0.1) is 11.2 Å². The molecule has 0 N–H and O–H groups in total. The predicted octanol–water partition coefficient (Wildman–Crippen LogP) is 3.09. The first-order valence-corrected chi connectivity index (χ1v) is 6.41. The summed E-state index contributed by atoms with van der Waals surface area (Å²) < 4.78 is 6.94. The van der Waals surface area contributed by atoms with E-state index in [9.17, 15) is 4.79 Å². The third kappa shape index (κ3) is 2.28. The van der Waals surface area contributed by atoms with E-state index in [0.717, 1.165) is 22.3 Å². The average molecular weight is 266 g/mol. The van der Waals surface area contributed by atoms with Gasteiger partial charge < -0.3 is 4.74 Å². The van der Waals surface area contributed by atoms with E-state index in [0.29, 0.717) is 0 Å². The highest BCUT2D eigenvalue weighted by molar-refractivity contribution is 5.83. The molecule has 0 saturated heterocycles. The summed E-state index contributed by atoms with van der Waals surface area (Å²) in [7, 11) is 0. The largest absolute Gasteiger partial charge is 0.459 e. The Kier molecular flexibility index (Phi) is 3.21. The second-order valence-electron chi connectivity index (χ2n) is 4.49. The molecule has 0 bridgehead atoms. The smallest absolute Gasteiger partial charge is 0.303 e. The maximum absolute atomic E-state index is 11.0. The summed E-state index contributed by atoms with van der Waals surface area (Å²) in [6.45, 7) is 1.59. The molecule has 2 aromatic carbocycles. The lowest BCUT2D eigenvalue weighted by atomic mass is 10.2. The number of hydrogen-bond acceptors (Lipinski definition) is 3. The molecular weight excluding hydrogens is 252 g/mol. The topological polar surface area (TPSA) is 44.1 Å². The van der Waals surface area contributed by atoms with Crippen molar-refractivity contribution in [3.63, 3.8) is 0 Å². The van der Waals surface area contributed by atoms with Crippen molar-refractivity contribution in [1.82, 2.24) is 9.78 Å². The van der Waals surface area contributed by atoms with Gasteiger partial charge in [0.15, 0.2) is 0 Å². The number of carbonyl (C=O) groups is 1. The van der Waals surface area contributed by atoms with Crippen molar-refractivity contribution in [2.24, 2.45) is 0 Å². The number of esters is 1. The van der Waals surface area contributed by atoms with E-state index in [1.165, 1.54) is 6.92 Å². The van der Waals surface area contributed by atoms with Crippen LogP contribution in [0, 0.1) is 0 Å². The Morgan fingerprint density at radius 2 is 1.80 bits per heavy atom. The summed E-state index contributed by atoms with van der Waals surface area (Å²) >= 11 is 0. The molecule has 0 aliphatic rings. The maximum atomic E-state index is 11.0. The minimum absolute atomic E-state index is 0.190. The van der Waals surface area contributed by atoms with Crippen LogP contribution in [0.1, 0.15) is 12.6 Å². The third-order valence-corrected chi connectivity index (χ3v) is 3.08. The summed E-state index contributed by atoms with van der Waals surface area (Å²) in [6, 6.07) is 17.8. The Bertz CT molecular complexity index is 748. The predicted molar refractivity (Wildman–Crippen MR) is 76.5 cm³/mol. The second kappa shape index (κ2) is 5.17. The lowest BCUT2D eigenvalue weighted by molar-refractivity contribution is -0.142. The molecule has 1 heterocycles. The van der Waals surface area contributed by atoms with Crippen LogP contribution in [0.2, 0.25) is 0 Å². The van der Waals surface area contributed by atoms with Crippen LogP contribution in [0.25, 0.3) is 16.6 Å². The molecule has 0 aliphatic heterocycles. The van der Waals surface area contributed by atoms with Gasteiger partial charge in [0.25, 0.3) is 0 Å². The fourth-order valence-corrected chi connectivity index (χ4v) is 2.17. The van der Waals surface area contributed by atoms with E-state index in [4.69, 9.17) is 4.74 Å². The Morgan fingerprint density at radius 1 is 1.10 bits per heavy atom. The third-order valence-electron chi connectivity index (χ3n) is 3.08. The number of nitrogens with zero attached hydrogens (tertiary/aromatic N) is 2. The SMILES string of the molecule is CC(=O)OCc1nn(-c2ccccc2)c2ccccc12. The molecule has 100 valence electrons. The zero-order valence-electron chi connectivity index (χ0n) is 11.1. The van der Waals surface area contributed by atoms with Crippen LogP contribution in [0.15, 0.2) is 54.6 Å². The quantitative estimate of drug-likeness (QED) is 0.684. The van der Waals surface area contributed by atoms with Gasteiger partial charge in [-0.3, -0.25) is 4.79 Å². The normalized spacial score (nSPS) is 10.7. The molecule has 20 heavy (non-hydrogen) atoms. The number of carbonyl (C=O) groups excluding carboxylic acids is 1. The Balaban J connectivity index is 2.11. The van der Waals surface area contributed by atoms with Crippen LogP contribution < -0.4 is 0 Å². The molecule has 0 spiro atoms. The van der Waals surface area contributed by atoms with E-state index in [1.807, 2.05) is 59.3 Å². The van der Waals surface area contributed by atoms with Crippen molar-refractivity contribution in [2.75, 3.05) is 0 Å². The van der Waals surface area contributed by atoms with Gasteiger partial charge in [0.1, 0.15) is 12.3 Å². The number of benzene rings is 2. The first-order valence-electron chi connectivity index (χ1n) is 6.41. The Hall–Kier alpha value is -2.62. The molecule has 3 aromatic rings. The lowest BCUT2D eigenvalue weighted by Crippen LogP contribution is -2.01. The molecule has 1 aromatic heterocycles. The van der Waals surface area contributed by atoms with Crippen molar-refractivity contribution < 1.29 is 9.53 Å². The summed E-state index contributed by atoms with van der Waals surface area (Å²) in [5, 5.41) is 5.57. The fourth-order valence-electron chi connectivity index (χ4n) is 2.17. The molecule has 0 unspecified atom stereocenters. The number of rotatable bonds is 3. The molecule has 0 radical (unpaired) electrons. The van der Waals surface area contributed by atoms with E-state index < -0.39 is 0 Å². The summed E-state index contributed by atoms with van der Waals surface area (Å²) in [6.07, 6.45) is 0. The van der Waals surface area contributed by atoms with E-state index in [1.54, 1.807) is 0 Å². The van der Waals surface area contributed by atoms with Crippen LogP contribution in [-0.2, 0) is 16.1 Å². The number of ether oxygens (including phenoxy) is 1. The molecule has 0 atom stereocenters. The van der Waals surface area contributed by atoms with Gasteiger partial charge in [-0.05, 0) is 18.2 Å². The van der Waals surface area contributed by atoms with Gasteiger partial charge in [-0.2, -0.15) is 5.10 Å². The lowest BCUT2D eigenvalue weighted by Gasteiger charge is -2.02. The van der Waals surface area contributed by atoms with Gasteiger partial charge in [-0.1, -0.05) is 36.4 Å². The van der Waals surface area contributed by atoms with Crippen molar-refractivity contribution in [3.8, 4) is 5.69 Å². The summed E-state index contributed by atoms with van der Waals surface area (Å²) in [4.78, 5) is 11.0. The van der Waals surface area contributed by atoms with Crippen molar-refractivity contribution >= 4 is 16.9 Å². The van der Waals surface area contributed by atoms with Crippen LogP contribution in [0.4, 0.5) is 0 Å². The Morgan fingerprint density at radius 3 is 2.55 bits per heavy atom. The first kappa shape index (κ1) is 12.4. The molecule has 4 heteroatoms. The van der Waals surface area contributed by atoms with Gasteiger partial charge >= 0.3 is 5.97 Å². The molecule has 4 nitrogen and oxygen atoms in total. The zero-order valence-corrected chi connectivity index (χ0v) is 11.1. The van der Waals surface area contributed by atoms with E-state index in [2.05, 4.69) is 5.10 Å². The molecule has 0 amide bonds. The molecular formula is C16H14N2O2. The number of aromatic nitrogens is 2. The van der Waals surface area contributed by atoms with Crippen molar-refractivity contribution in [2.45, 2.75) is 13.5 Å². The van der Waals surface area contributed by atoms with Gasteiger partial charge in [-0.25, -0.2) is 4.68 Å². The van der Waals surface area contributed by atoms with Crippen LogP contribution >= 0.6 is 0 Å². The second-order valence-corrected chi connectivity index (χ2v) is 4.49. The van der Waals surface area contributed by atoms with Gasteiger partial charge in [0.2, 0.25) is 0 Å². The molecule has 0 fully saturated rings. The highest BCUT2D eigenvalue weighted by Crippen LogP contribution is 2.22. The standard InChI is InChI=1S/C16H14N2O2/c1-12(19)20-11-15-14-9-5-6-10-16(14)18(17-15)13-7-3-2-4-8-13/h2-10H,11H2,1H3. The highest BCUT2D eigenvalue weighted by Gasteiger charge is 2.12. The molecule has 0 saturated carbocycles. The van der Waals surface area contributed by atoms with Crippen molar-refractivity contribution in [1.29, 1.82) is 0 Å². The van der Waals surface area contributed by atoms with E-state index in [-0.39, 0.29) is 12.6 Å². The monoisotopic (exact) mass is 266 g/mol. The number of fused-ring (bicyclic) bond motifs is 1. The Labute approximate surface area is 116 Å². The van der Waals surface area contributed by atoms with Gasteiger partial charge in [-0.15, -0.1) is 0 Å². The number of para-hydroxylation sites is 2. The summed E-state index contributed by atoms with van der Waals surface area (Å²) in [5.41, 5.74) is 2.75. The molecule has 3 rings (SSSR count). The fraction of sp³-hybridized carbons (Fsp3) is 0.125. The van der Waals surface area contributed by atoms with Crippen LogP contribution in [-0.4, -0.2) is 15.7 Å². The van der Waals surface area contributed by atoms with Gasteiger partial charge in [0, 0.05) is 12.3 Å². The zero-order chi connectivity index (χ0) is 13.9.